The Morgan fingerprint density at radius 1 is 0.123 bits per heavy atom. The zero-order valence-electron chi connectivity index (χ0n) is 70.8. The molecule has 0 fully saturated rings. The monoisotopic (exact) mass is 1650 g/mol. The van der Waals surface area contributed by atoms with Gasteiger partial charge in [0.1, 0.15) is 0 Å². The van der Waals surface area contributed by atoms with Gasteiger partial charge in [-0.15, -0.1) is 0 Å². The topological polar surface area (TPSA) is 62.2 Å². The Bertz CT molecular complexity index is 9420. The van der Waals surface area contributed by atoms with Gasteiger partial charge in [0.05, 0.1) is 49.7 Å². The molecular formula is C124H80N6. The van der Waals surface area contributed by atoms with Crippen molar-refractivity contribution in [2.24, 2.45) is 0 Å². The van der Waals surface area contributed by atoms with E-state index in [9.17, 15) is 0 Å². The van der Waals surface area contributed by atoms with Crippen LogP contribution < -0.4 is 0 Å². The molecule has 606 valence electrons. The fraction of sp³-hybridized carbons (Fsp3) is 0. The van der Waals surface area contributed by atoms with Crippen molar-refractivity contribution in [2.45, 2.75) is 0 Å². The molecule has 0 saturated carbocycles. The summed E-state index contributed by atoms with van der Waals surface area (Å²) in [7, 11) is 0. The fourth-order valence-electron chi connectivity index (χ4n) is 21.3. The predicted octanol–water partition coefficient (Wildman–Crippen LogP) is 33.9. The summed E-state index contributed by atoms with van der Waals surface area (Å²) in [6.45, 7) is 0. The molecule has 0 aliphatic heterocycles. The molecule has 0 aliphatic carbocycles. The highest BCUT2D eigenvalue weighted by Gasteiger charge is 2.23. The lowest BCUT2D eigenvalue weighted by atomic mass is 9.89. The summed E-state index contributed by atoms with van der Waals surface area (Å²) in [5.41, 5.74) is 32.8. The number of hydrogen-bond donors (Lipinski definition) is 3. The fourth-order valence-corrected chi connectivity index (χ4v) is 21.3. The normalized spacial score (nSPS) is 11.8. The van der Waals surface area contributed by atoms with Crippen LogP contribution in [-0.2, 0) is 0 Å². The van der Waals surface area contributed by atoms with E-state index in [1.165, 1.54) is 258 Å². The summed E-state index contributed by atoms with van der Waals surface area (Å²) >= 11 is 0. The maximum atomic E-state index is 3.71. The molecule has 22 aromatic carbocycles. The van der Waals surface area contributed by atoms with Crippen molar-refractivity contribution in [2.75, 3.05) is 0 Å². The van der Waals surface area contributed by atoms with Gasteiger partial charge in [-0.25, -0.2) is 0 Å². The summed E-state index contributed by atoms with van der Waals surface area (Å²) in [6, 6.07) is 170. The highest BCUT2D eigenvalue weighted by atomic mass is 15.0. The predicted molar refractivity (Wildman–Crippen MR) is 553 cm³/mol. The van der Waals surface area contributed by atoms with E-state index in [2.05, 4.69) is 496 Å². The van der Waals surface area contributed by atoms with E-state index >= 15 is 0 Å². The van der Waals surface area contributed by atoms with Gasteiger partial charge in [-0.2, -0.15) is 0 Å². The van der Waals surface area contributed by atoms with Crippen molar-refractivity contribution in [3.8, 4) is 83.8 Å². The van der Waals surface area contributed by atoms with Crippen molar-refractivity contribution in [3.05, 3.63) is 467 Å². The lowest BCUT2D eigenvalue weighted by Gasteiger charge is -2.15. The second kappa shape index (κ2) is 30.2. The van der Waals surface area contributed by atoms with Crippen LogP contribution in [0.1, 0.15) is 0 Å². The van der Waals surface area contributed by atoms with Crippen molar-refractivity contribution in [1.82, 2.24) is 28.7 Å². The third-order valence-corrected chi connectivity index (χ3v) is 27.2. The molecule has 6 aromatic heterocycles. The molecule has 28 rings (SSSR count). The second-order valence-electron chi connectivity index (χ2n) is 34.3. The highest BCUT2D eigenvalue weighted by molar-refractivity contribution is 6.26. The minimum absolute atomic E-state index is 1.17. The largest absolute Gasteiger partial charge is 0.354 e. The Morgan fingerprint density at radius 2 is 0.385 bits per heavy atom. The average molecular weight is 1650 g/mol. The third-order valence-electron chi connectivity index (χ3n) is 27.2. The quantitative estimate of drug-likeness (QED) is 0.129. The van der Waals surface area contributed by atoms with Crippen LogP contribution in [0.3, 0.4) is 0 Å². The lowest BCUT2D eigenvalue weighted by molar-refractivity contribution is 1.18. The van der Waals surface area contributed by atoms with Crippen LogP contribution in [0.25, 0.3) is 258 Å². The van der Waals surface area contributed by atoms with E-state index in [4.69, 9.17) is 0 Å². The van der Waals surface area contributed by atoms with E-state index in [-0.39, 0.29) is 0 Å². The van der Waals surface area contributed by atoms with E-state index in [0.29, 0.717) is 0 Å². The average Bonchev–Trinajstić information content (AvgIpc) is 1.32. The van der Waals surface area contributed by atoms with E-state index in [1.807, 2.05) is 0 Å². The number of nitrogens with zero attached hydrogens (tertiary/aromatic N) is 3. The first-order chi connectivity index (χ1) is 64.5. The van der Waals surface area contributed by atoms with E-state index < -0.39 is 0 Å². The first-order valence-electron chi connectivity index (χ1n) is 44.8. The smallest absolute Gasteiger partial charge is 0.0544 e. The maximum absolute atomic E-state index is 3.71. The maximum Gasteiger partial charge on any atom is 0.0544 e. The molecule has 6 nitrogen and oxygen atoms in total. The number of aromatic nitrogens is 6. The van der Waals surface area contributed by atoms with E-state index in [0.717, 1.165) is 0 Å². The van der Waals surface area contributed by atoms with Crippen molar-refractivity contribution < 1.29 is 0 Å². The first kappa shape index (κ1) is 74.1. The van der Waals surface area contributed by atoms with E-state index in [1.54, 1.807) is 0 Å². The van der Waals surface area contributed by atoms with Gasteiger partial charge in [-0.1, -0.05) is 334 Å². The van der Waals surface area contributed by atoms with Gasteiger partial charge in [-0.05, 0) is 227 Å². The number of aromatic amines is 3. The third kappa shape index (κ3) is 12.0. The van der Waals surface area contributed by atoms with Crippen LogP contribution in [0, 0.1) is 0 Å². The number of benzene rings is 22. The molecule has 0 aliphatic rings. The number of fused-ring (bicyclic) bond motifs is 25. The molecule has 28 aromatic rings. The molecular weight excluding hydrogens is 1570 g/mol. The Kier molecular flexibility index (Phi) is 17.2. The van der Waals surface area contributed by atoms with Crippen molar-refractivity contribution >= 4 is 174 Å². The second-order valence-corrected chi connectivity index (χ2v) is 34.3. The summed E-state index contributed by atoms with van der Waals surface area (Å²) in [5, 5.41) is 25.2. The number of rotatable bonds is 9. The Morgan fingerprint density at radius 3 is 0.808 bits per heavy atom. The molecule has 130 heavy (non-hydrogen) atoms. The molecule has 0 atom stereocenters. The van der Waals surface area contributed by atoms with Gasteiger partial charge < -0.3 is 28.7 Å². The van der Waals surface area contributed by atoms with Crippen LogP contribution in [0.15, 0.2) is 467 Å². The molecule has 0 amide bonds. The Hall–Kier alpha value is -17.3. The lowest BCUT2D eigenvalue weighted by Crippen LogP contribution is -1.93. The molecule has 6 heterocycles. The number of nitrogens with one attached hydrogen (secondary N) is 3. The van der Waals surface area contributed by atoms with Gasteiger partial charge in [0.25, 0.3) is 0 Å². The summed E-state index contributed by atoms with van der Waals surface area (Å²) in [5.74, 6) is 0. The number of para-hydroxylation sites is 9. The van der Waals surface area contributed by atoms with Gasteiger partial charge in [-0.3, -0.25) is 0 Å². The SMILES string of the molecule is c1ccc(-n2c3ccccc3c3cc(-c4ccc(-c5cc6c7ccccc7[nH]c6c6ccccc56)c5ccccc45)ccc32)cc1.c1ccc(-n2c3ccccc3c3cc(-c4ccc(-c5cc6c7ccccc7[nH]c6c6ccccc56)cc4)ccc32)cc1.c1ccc(-n2c3ccccc3c3cc(-c4cccc(-c5cc6c7ccccc7[nH]c6c6ccccc56)c4)ccc32)cc1. The molecule has 0 unspecified atom stereocenters. The highest BCUT2D eigenvalue weighted by Crippen LogP contribution is 2.48. The van der Waals surface area contributed by atoms with Gasteiger partial charge in [0.15, 0.2) is 0 Å². The van der Waals surface area contributed by atoms with Crippen LogP contribution in [0.2, 0.25) is 0 Å². The molecule has 0 radical (unpaired) electrons. The molecule has 6 heteroatoms. The molecule has 0 bridgehead atoms. The number of H-pyrrole nitrogens is 3. The standard InChI is InChI=1S/C44H28N2.2C40H26N2/c1-2-12-29(13-3-1)46-42-21-11-9-18-36(42)39-26-28(22-25-43(39)46)30-23-24-34(32-15-5-4-14-31(30)32)38-27-40-35-17-8-10-20-41(35)45-44(40)37-19-7-6-16-33(37)38;1-2-13-29(14-3-1)42-38-20-9-7-17-32(38)35-24-27(21-22-39(35)42)26-11-10-12-28(23-26)34-25-36-31-16-6-8-19-37(31)41-40(36)33-18-5-4-15-30(33)34;1-2-10-29(11-3-1)42-38-17-9-7-14-32(38)35-24-28(22-23-39(35)42)26-18-20-27(21-19-26)34-25-36-31-13-6-8-16-37(31)41-40(36)33-15-5-4-12-30(33)34/h1-27,45H;2*1-25,41H. The minimum atomic E-state index is 1.17. The zero-order valence-corrected chi connectivity index (χ0v) is 70.8. The van der Waals surface area contributed by atoms with Crippen LogP contribution in [0.4, 0.5) is 0 Å². The minimum Gasteiger partial charge on any atom is -0.354 e. The van der Waals surface area contributed by atoms with Gasteiger partial charge in [0.2, 0.25) is 0 Å². The zero-order chi connectivity index (χ0) is 85.4. The van der Waals surface area contributed by atoms with Crippen LogP contribution >= 0.6 is 0 Å². The van der Waals surface area contributed by atoms with Gasteiger partial charge in [0, 0.05) is 114 Å². The number of hydrogen-bond acceptors (Lipinski definition) is 0. The van der Waals surface area contributed by atoms with Gasteiger partial charge >= 0.3 is 0 Å². The molecule has 0 spiro atoms. The van der Waals surface area contributed by atoms with Crippen LogP contribution in [0.5, 0.6) is 0 Å². The summed E-state index contributed by atoms with van der Waals surface area (Å²) < 4.78 is 7.11. The molecule has 0 saturated heterocycles. The molecule has 3 N–H and O–H groups in total. The Labute approximate surface area is 748 Å². The first-order valence-corrected chi connectivity index (χ1v) is 44.8. The Balaban J connectivity index is 0.000000103. The summed E-state index contributed by atoms with van der Waals surface area (Å²) in [6.07, 6.45) is 0. The summed E-state index contributed by atoms with van der Waals surface area (Å²) in [4.78, 5) is 11.1. The van der Waals surface area contributed by atoms with Crippen LogP contribution in [-0.4, -0.2) is 28.7 Å². The van der Waals surface area contributed by atoms with Crippen molar-refractivity contribution in [3.63, 3.8) is 0 Å². The van der Waals surface area contributed by atoms with Crippen molar-refractivity contribution in [1.29, 1.82) is 0 Å².